The summed E-state index contributed by atoms with van der Waals surface area (Å²) in [5.41, 5.74) is 1.14. The summed E-state index contributed by atoms with van der Waals surface area (Å²) in [6.45, 7) is 3.08. The van der Waals surface area contributed by atoms with Gasteiger partial charge in [0.15, 0.2) is 11.5 Å². The van der Waals surface area contributed by atoms with E-state index in [1.54, 1.807) is 21.3 Å². The molecule has 0 amide bonds. The summed E-state index contributed by atoms with van der Waals surface area (Å²) in [7, 11) is 4.89. The molecule has 1 aliphatic rings. The molecule has 0 spiro atoms. The van der Waals surface area contributed by atoms with Gasteiger partial charge in [-0.25, -0.2) is 0 Å². The Balaban J connectivity index is 2.14. The van der Waals surface area contributed by atoms with Crippen LogP contribution in [0.15, 0.2) is 12.1 Å². The third-order valence-corrected chi connectivity index (χ3v) is 3.40. The topological polar surface area (TPSA) is 39.7 Å². The van der Waals surface area contributed by atoms with Gasteiger partial charge >= 0.3 is 0 Å². The van der Waals surface area contributed by atoms with E-state index >= 15 is 0 Å². The van der Waals surface area contributed by atoms with Crippen molar-refractivity contribution in [3.05, 3.63) is 17.7 Å². The van der Waals surface area contributed by atoms with Crippen molar-refractivity contribution in [2.75, 3.05) is 21.3 Å². The fraction of sp³-hybridized carbons (Fsp3) is 0.571. The highest BCUT2D eigenvalue weighted by Crippen LogP contribution is 2.38. The van der Waals surface area contributed by atoms with E-state index in [1.807, 2.05) is 12.1 Å². The van der Waals surface area contributed by atoms with E-state index in [9.17, 15) is 0 Å². The fourth-order valence-electron chi connectivity index (χ4n) is 2.09. The van der Waals surface area contributed by atoms with Crippen molar-refractivity contribution in [2.45, 2.75) is 25.9 Å². The van der Waals surface area contributed by atoms with Crippen LogP contribution in [0.2, 0.25) is 0 Å². The highest BCUT2D eigenvalue weighted by atomic mass is 16.5. The van der Waals surface area contributed by atoms with Gasteiger partial charge in [0.1, 0.15) is 0 Å². The molecule has 18 heavy (non-hydrogen) atoms. The van der Waals surface area contributed by atoms with Crippen LogP contribution in [0.25, 0.3) is 0 Å². The SMILES string of the molecule is COc1cc(CNC2CC2C)cc(OC)c1OC. The predicted molar refractivity (Wildman–Crippen MR) is 70.5 cm³/mol. The van der Waals surface area contributed by atoms with Crippen LogP contribution >= 0.6 is 0 Å². The predicted octanol–water partition coefficient (Wildman–Crippen LogP) is 2.21. The Bertz CT molecular complexity index is 394. The molecule has 0 bridgehead atoms. The Morgan fingerprint density at radius 2 is 1.67 bits per heavy atom. The van der Waals surface area contributed by atoms with Gasteiger partial charge in [0, 0.05) is 12.6 Å². The third-order valence-electron chi connectivity index (χ3n) is 3.40. The molecule has 0 radical (unpaired) electrons. The number of hydrogen-bond donors (Lipinski definition) is 1. The van der Waals surface area contributed by atoms with Crippen LogP contribution in [-0.4, -0.2) is 27.4 Å². The highest BCUT2D eigenvalue weighted by Gasteiger charge is 2.31. The summed E-state index contributed by atoms with van der Waals surface area (Å²) in [6.07, 6.45) is 1.27. The van der Waals surface area contributed by atoms with Crippen LogP contribution in [0.4, 0.5) is 0 Å². The molecule has 0 heterocycles. The minimum Gasteiger partial charge on any atom is -0.493 e. The number of methoxy groups -OCH3 is 3. The van der Waals surface area contributed by atoms with Crippen molar-refractivity contribution in [3.63, 3.8) is 0 Å². The first-order valence-electron chi connectivity index (χ1n) is 6.21. The van der Waals surface area contributed by atoms with Crippen LogP contribution in [0.3, 0.4) is 0 Å². The van der Waals surface area contributed by atoms with Gasteiger partial charge < -0.3 is 19.5 Å². The van der Waals surface area contributed by atoms with Gasteiger partial charge in [-0.3, -0.25) is 0 Å². The van der Waals surface area contributed by atoms with Crippen molar-refractivity contribution in [3.8, 4) is 17.2 Å². The molecule has 4 nitrogen and oxygen atoms in total. The lowest BCUT2D eigenvalue weighted by molar-refractivity contribution is 0.323. The van der Waals surface area contributed by atoms with E-state index in [0.717, 1.165) is 18.0 Å². The second-order valence-corrected chi connectivity index (χ2v) is 4.73. The number of nitrogens with one attached hydrogen (secondary N) is 1. The lowest BCUT2D eigenvalue weighted by atomic mass is 10.1. The second kappa shape index (κ2) is 5.48. The third kappa shape index (κ3) is 2.70. The van der Waals surface area contributed by atoms with Gasteiger partial charge in [-0.05, 0) is 30.0 Å². The first kappa shape index (κ1) is 13.0. The van der Waals surface area contributed by atoms with Gasteiger partial charge in [0.25, 0.3) is 0 Å². The standard InChI is InChI=1S/C14H21NO3/c1-9-5-11(9)15-8-10-6-12(16-2)14(18-4)13(7-10)17-3/h6-7,9,11,15H,5,8H2,1-4H3. The summed E-state index contributed by atoms with van der Waals surface area (Å²) in [5, 5.41) is 3.51. The summed E-state index contributed by atoms with van der Waals surface area (Å²) >= 11 is 0. The molecule has 2 atom stereocenters. The second-order valence-electron chi connectivity index (χ2n) is 4.73. The Hall–Kier alpha value is -1.42. The largest absolute Gasteiger partial charge is 0.493 e. The Morgan fingerprint density at radius 1 is 1.11 bits per heavy atom. The molecule has 1 saturated carbocycles. The molecule has 2 rings (SSSR count). The number of ether oxygens (including phenoxy) is 3. The lowest BCUT2D eigenvalue weighted by Crippen LogP contribution is -2.17. The quantitative estimate of drug-likeness (QED) is 0.841. The van der Waals surface area contributed by atoms with E-state index < -0.39 is 0 Å². The van der Waals surface area contributed by atoms with Crippen molar-refractivity contribution in [1.29, 1.82) is 0 Å². The molecule has 1 fully saturated rings. The first-order chi connectivity index (χ1) is 8.69. The fourth-order valence-corrected chi connectivity index (χ4v) is 2.09. The zero-order valence-electron chi connectivity index (χ0n) is 11.4. The number of benzene rings is 1. The molecule has 100 valence electrons. The molecule has 1 aliphatic carbocycles. The molecule has 1 aromatic carbocycles. The smallest absolute Gasteiger partial charge is 0.203 e. The van der Waals surface area contributed by atoms with E-state index in [2.05, 4.69) is 12.2 Å². The van der Waals surface area contributed by atoms with Crippen LogP contribution in [0, 0.1) is 5.92 Å². The zero-order chi connectivity index (χ0) is 13.1. The Labute approximate surface area is 108 Å². The maximum absolute atomic E-state index is 5.33. The van der Waals surface area contributed by atoms with E-state index in [1.165, 1.54) is 6.42 Å². The van der Waals surface area contributed by atoms with Gasteiger partial charge in [-0.15, -0.1) is 0 Å². The summed E-state index contributed by atoms with van der Waals surface area (Å²) in [4.78, 5) is 0. The molecule has 4 heteroatoms. The maximum Gasteiger partial charge on any atom is 0.203 e. The van der Waals surface area contributed by atoms with Crippen molar-refractivity contribution < 1.29 is 14.2 Å². The van der Waals surface area contributed by atoms with Crippen LogP contribution in [0.1, 0.15) is 18.9 Å². The lowest BCUT2D eigenvalue weighted by Gasteiger charge is -2.14. The van der Waals surface area contributed by atoms with Crippen LogP contribution < -0.4 is 19.5 Å². The Morgan fingerprint density at radius 3 is 2.06 bits per heavy atom. The zero-order valence-corrected chi connectivity index (χ0v) is 11.4. The molecule has 0 aliphatic heterocycles. The van der Waals surface area contributed by atoms with Gasteiger partial charge in [-0.1, -0.05) is 6.92 Å². The molecule has 1 aromatic rings. The Kier molecular flexibility index (Phi) is 3.97. The van der Waals surface area contributed by atoms with E-state index in [4.69, 9.17) is 14.2 Å². The highest BCUT2D eigenvalue weighted by molar-refractivity contribution is 5.53. The first-order valence-corrected chi connectivity index (χ1v) is 6.21. The van der Waals surface area contributed by atoms with Gasteiger partial charge in [0.2, 0.25) is 5.75 Å². The van der Waals surface area contributed by atoms with Crippen molar-refractivity contribution in [2.24, 2.45) is 5.92 Å². The monoisotopic (exact) mass is 251 g/mol. The summed E-state index contributed by atoms with van der Waals surface area (Å²) in [5.74, 6) is 2.85. The van der Waals surface area contributed by atoms with Crippen molar-refractivity contribution in [1.82, 2.24) is 5.32 Å². The van der Waals surface area contributed by atoms with Crippen LogP contribution in [-0.2, 0) is 6.54 Å². The molecule has 0 aromatic heterocycles. The molecular formula is C14H21NO3. The molecule has 2 unspecified atom stereocenters. The number of rotatable bonds is 6. The molecular weight excluding hydrogens is 230 g/mol. The summed E-state index contributed by atoms with van der Waals surface area (Å²) < 4.78 is 16.0. The van der Waals surface area contributed by atoms with Gasteiger partial charge in [-0.2, -0.15) is 0 Å². The number of hydrogen-bond acceptors (Lipinski definition) is 4. The average molecular weight is 251 g/mol. The van der Waals surface area contributed by atoms with E-state index in [0.29, 0.717) is 23.3 Å². The van der Waals surface area contributed by atoms with Crippen LogP contribution in [0.5, 0.6) is 17.2 Å². The molecule has 1 N–H and O–H groups in total. The normalized spacial score (nSPS) is 21.6. The minimum atomic E-state index is 0.642. The minimum absolute atomic E-state index is 0.642. The van der Waals surface area contributed by atoms with Gasteiger partial charge in [0.05, 0.1) is 21.3 Å². The average Bonchev–Trinajstić information content (AvgIpc) is 3.10. The maximum atomic E-state index is 5.33. The van der Waals surface area contributed by atoms with E-state index in [-0.39, 0.29) is 0 Å². The molecule has 0 saturated heterocycles. The summed E-state index contributed by atoms with van der Waals surface area (Å²) in [6, 6.07) is 4.63. The van der Waals surface area contributed by atoms with Crippen molar-refractivity contribution >= 4 is 0 Å².